The van der Waals surface area contributed by atoms with E-state index in [0.29, 0.717) is 0 Å². The maximum absolute atomic E-state index is 4.08. The molecule has 2 heteroatoms. The molecule has 0 aliphatic heterocycles. The van der Waals surface area contributed by atoms with Crippen molar-refractivity contribution in [1.82, 2.24) is 4.98 Å². The molecule has 0 fully saturated rings. The van der Waals surface area contributed by atoms with Crippen LogP contribution >= 0.6 is 0 Å². The third-order valence-electron chi connectivity index (χ3n) is 2.21. The van der Waals surface area contributed by atoms with Crippen LogP contribution in [-0.4, -0.2) is 4.98 Å². The molecule has 20 heavy (non-hydrogen) atoms. The Kier molecular flexibility index (Phi) is 11.0. The van der Waals surface area contributed by atoms with Crippen LogP contribution < -0.4 is 0 Å². The molecule has 0 radical (unpaired) electrons. The molecule has 0 aliphatic rings. The Hall–Kier alpha value is -1.89. The van der Waals surface area contributed by atoms with E-state index in [2.05, 4.69) is 11.6 Å². The van der Waals surface area contributed by atoms with Gasteiger partial charge in [0, 0.05) is 23.3 Å². The van der Waals surface area contributed by atoms with Crippen LogP contribution in [0.15, 0.2) is 91.6 Å². The van der Waals surface area contributed by atoms with Gasteiger partial charge in [-0.25, -0.2) is 12.1 Å². The Balaban J connectivity index is 0.000000282. The predicted octanol–water partition coefficient (Wildman–Crippen LogP) is 4.92. The molecule has 0 saturated heterocycles. The van der Waals surface area contributed by atoms with Crippen molar-refractivity contribution in [2.24, 2.45) is 0 Å². The summed E-state index contributed by atoms with van der Waals surface area (Å²) in [4.78, 5) is 4.08. The second-order valence-electron chi connectivity index (χ2n) is 3.92. The Morgan fingerprint density at radius 1 is 0.950 bits per heavy atom. The fraction of sp³-hybridized carbons (Fsp3) is 0.0556. The fourth-order valence-electron chi connectivity index (χ4n) is 1.26. The molecule has 0 amide bonds. The van der Waals surface area contributed by atoms with Crippen molar-refractivity contribution in [2.45, 2.75) is 6.92 Å². The van der Waals surface area contributed by atoms with E-state index < -0.39 is 0 Å². The fourth-order valence-corrected chi connectivity index (χ4v) is 1.26. The van der Waals surface area contributed by atoms with Crippen molar-refractivity contribution in [2.75, 3.05) is 0 Å². The van der Waals surface area contributed by atoms with Gasteiger partial charge in [0.05, 0.1) is 5.69 Å². The van der Waals surface area contributed by atoms with Crippen molar-refractivity contribution in [3.05, 3.63) is 97.3 Å². The Bertz CT molecular complexity index is 449. The molecule has 0 unspecified atom stereocenters. The Morgan fingerprint density at radius 2 is 1.50 bits per heavy atom. The van der Waals surface area contributed by atoms with Crippen LogP contribution in [0.5, 0.6) is 0 Å². The molecule has 1 heterocycles. The van der Waals surface area contributed by atoms with Crippen LogP contribution in [0.4, 0.5) is 0 Å². The van der Waals surface area contributed by atoms with Gasteiger partial charge in [0.25, 0.3) is 0 Å². The summed E-state index contributed by atoms with van der Waals surface area (Å²) in [6.45, 7) is 5.71. The van der Waals surface area contributed by atoms with Crippen molar-refractivity contribution in [1.29, 1.82) is 0 Å². The summed E-state index contributed by atoms with van der Waals surface area (Å²) in [6, 6.07) is 25.8. The van der Waals surface area contributed by atoms with E-state index in [9.17, 15) is 0 Å². The maximum Gasteiger partial charge on any atom is 0.0652 e. The average molecular weight is 305 g/mol. The van der Waals surface area contributed by atoms with Crippen LogP contribution in [0.1, 0.15) is 12.6 Å². The summed E-state index contributed by atoms with van der Waals surface area (Å²) < 4.78 is 0. The average Bonchev–Trinajstić information content (AvgIpc) is 3.18. The summed E-state index contributed by atoms with van der Waals surface area (Å²) in [5.74, 6) is 0. The molecule has 0 aliphatic carbocycles. The molecular formula is C18H19FeN-6. The van der Waals surface area contributed by atoms with Crippen LogP contribution in [0.25, 0.3) is 5.57 Å². The minimum Gasteiger partial charge on any atom is -0.748 e. The summed E-state index contributed by atoms with van der Waals surface area (Å²) in [5.41, 5.74) is 1.98. The first-order valence-electron chi connectivity index (χ1n) is 6.21. The van der Waals surface area contributed by atoms with E-state index in [4.69, 9.17) is 0 Å². The largest absolute Gasteiger partial charge is 0.748 e. The van der Waals surface area contributed by atoms with Gasteiger partial charge >= 0.3 is 0 Å². The number of rotatable bonds is 1. The number of hydrogen-bond donors (Lipinski definition) is 0. The van der Waals surface area contributed by atoms with Crippen molar-refractivity contribution >= 4 is 5.57 Å². The molecule has 0 N–H and O–H groups in total. The van der Waals surface area contributed by atoms with Crippen molar-refractivity contribution < 1.29 is 17.1 Å². The monoisotopic (exact) mass is 305 g/mol. The molecule has 0 saturated carbocycles. The van der Waals surface area contributed by atoms with Gasteiger partial charge in [-0.15, -0.1) is 0 Å². The standard InChI is InChI=1S/C8H9N.2C5H5.Fe/c1-7(2)8-5-3-4-6-9-8;2*1-2-4-5-3-1;/h3-6H,1H2,2H3;2*1-5H;/q;-5;-1;. The van der Waals surface area contributed by atoms with Gasteiger partial charge in [0.1, 0.15) is 0 Å². The zero-order valence-electron chi connectivity index (χ0n) is 11.6. The van der Waals surface area contributed by atoms with E-state index in [0.717, 1.165) is 11.3 Å². The SMILES string of the molecule is C=C(C)c1ccccn1.[Fe].[cH-]1[cH-][cH-][cH-][cH-]1.c1cc[cH-]c1. The zero-order valence-corrected chi connectivity index (χ0v) is 12.7. The van der Waals surface area contributed by atoms with Gasteiger partial charge in [-0.05, 0) is 24.6 Å². The van der Waals surface area contributed by atoms with Gasteiger partial charge in [-0.1, -0.05) is 12.6 Å². The Morgan fingerprint density at radius 3 is 1.75 bits per heavy atom. The number of hydrogen-bond acceptors (Lipinski definition) is 1. The van der Waals surface area contributed by atoms with Crippen molar-refractivity contribution in [3.63, 3.8) is 0 Å². The number of aromatic nitrogens is 1. The van der Waals surface area contributed by atoms with Gasteiger partial charge in [0.15, 0.2) is 0 Å². The molecule has 0 spiro atoms. The first-order valence-corrected chi connectivity index (χ1v) is 6.21. The second kappa shape index (κ2) is 12.2. The van der Waals surface area contributed by atoms with Crippen LogP contribution in [0, 0.1) is 0 Å². The number of allylic oxidation sites excluding steroid dienone is 1. The summed E-state index contributed by atoms with van der Waals surface area (Å²) in [6.07, 6.45) is 1.77. The zero-order chi connectivity index (χ0) is 13.8. The molecule has 3 rings (SSSR count). The van der Waals surface area contributed by atoms with Gasteiger partial charge in [0.2, 0.25) is 0 Å². The third kappa shape index (κ3) is 9.09. The number of pyridine rings is 1. The molecule has 0 atom stereocenters. The molecule has 1 nitrogen and oxygen atoms in total. The molecule has 110 valence electrons. The molecular weight excluding hydrogens is 286 g/mol. The smallest absolute Gasteiger partial charge is 0.0652 e. The maximum atomic E-state index is 4.08. The van der Waals surface area contributed by atoms with Crippen LogP contribution in [0.3, 0.4) is 0 Å². The van der Waals surface area contributed by atoms with Crippen molar-refractivity contribution in [3.8, 4) is 0 Å². The molecule has 1 aromatic heterocycles. The Labute approximate surface area is 132 Å². The van der Waals surface area contributed by atoms with E-state index in [1.165, 1.54) is 0 Å². The van der Waals surface area contributed by atoms with E-state index in [-0.39, 0.29) is 17.1 Å². The summed E-state index contributed by atoms with van der Waals surface area (Å²) in [7, 11) is 0. The van der Waals surface area contributed by atoms with E-state index >= 15 is 0 Å². The minimum absolute atomic E-state index is 0. The third-order valence-corrected chi connectivity index (χ3v) is 2.21. The summed E-state index contributed by atoms with van der Waals surface area (Å²) in [5, 5.41) is 0. The molecule has 3 aromatic rings. The summed E-state index contributed by atoms with van der Waals surface area (Å²) >= 11 is 0. The van der Waals surface area contributed by atoms with Gasteiger partial charge in [-0.3, -0.25) is 4.98 Å². The first-order chi connectivity index (χ1) is 9.30. The van der Waals surface area contributed by atoms with Gasteiger partial charge in [-0.2, -0.15) is 18.2 Å². The van der Waals surface area contributed by atoms with E-state index in [1.54, 1.807) is 6.20 Å². The first kappa shape index (κ1) is 18.1. The molecule has 0 bridgehead atoms. The predicted molar refractivity (Wildman–Crippen MR) is 83.0 cm³/mol. The van der Waals surface area contributed by atoms with E-state index in [1.807, 2.05) is 85.8 Å². The normalized spacial score (nSPS) is 8.05. The van der Waals surface area contributed by atoms with Crippen LogP contribution in [-0.2, 0) is 17.1 Å². The molecule has 2 aromatic carbocycles. The quantitative estimate of drug-likeness (QED) is 0.459. The minimum atomic E-state index is 0. The van der Waals surface area contributed by atoms with Crippen LogP contribution in [0.2, 0.25) is 0 Å². The van der Waals surface area contributed by atoms with Gasteiger partial charge < -0.3 is 30.3 Å². The number of nitrogens with zero attached hydrogens (tertiary/aromatic N) is 1. The second-order valence-corrected chi connectivity index (χ2v) is 3.92. The topological polar surface area (TPSA) is 12.9 Å².